The van der Waals surface area contributed by atoms with E-state index in [1.807, 2.05) is 31.2 Å². The number of carbonyl (C=O) groups excluding carboxylic acids is 1. The smallest absolute Gasteiger partial charge is 0.326 e. The van der Waals surface area contributed by atoms with Crippen LogP contribution in [-0.2, 0) is 9.59 Å². The highest BCUT2D eigenvalue weighted by atomic mass is 16.5. The molecule has 120 valence electrons. The number of hydrogen-bond acceptors (Lipinski definition) is 3. The van der Waals surface area contributed by atoms with Crippen molar-refractivity contribution >= 4 is 11.9 Å². The van der Waals surface area contributed by atoms with Gasteiger partial charge in [-0.1, -0.05) is 25.1 Å². The molecule has 2 unspecified atom stereocenters. The lowest BCUT2D eigenvalue weighted by atomic mass is 9.96. The average Bonchev–Trinajstić information content (AvgIpc) is 3.31. The molecule has 1 aromatic rings. The normalized spacial score (nSPS) is 16.7. The van der Waals surface area contributed by atoms with E-state index >= 15 is 0 Å². The molecule has 1 aliphatic carbocycles. The number of amides is 1. The van der Waals surface area contributed by atoms with Crippen molar-refractivity contribution in [1.29, 1.82) is 0 Å². The minimum Gasteiger partial charge on any atom is -0.496 e. The van der Waals surface area contributed by atoms with Gasteiger partial charge in [0.25, 0.3) is 0 Å². The Labute approximate surface area is 130 Å². The SMILES string of the molecule is COc1ccccc1C(C)CC(=O)N(C1CC1)C(C)C(=O)O. The van der Waals surface area contributed by atoms with Crippen molar-refractivity contribution in [2.75, 3.05) is 7.11 Å². The van der Waals surface area contributed by atoms with Crippen LogP contribution in [-0.4, -0.2) is 41.1 Å². The van der Waals surface area contributed by atoms with Crippen LogP contribution in [0.1, 0.15) is 44.6 Å². The third kappa shape index (κ3) is 3.59. The Bertz CT molecular complexity index is 553. The number of hydrogen-bond donors (Lipinski definition) is 1. The largest absolute Gasteiger partial charge is 0.496 e. The zero-order valence-corrected chi connectivity index (χ0v) is 13.3. The third-order valence-corrected chi connectivity index (χ3v) is 4.15. The van der Waals surface area contributed by atoms with Gasteiger partial charge in [-0.25, -0.2) is 4.79 Å². The van der Waals surface area contributed by atoms with Gasteiger partial charge in [-0.2, -0.15) is 0 Å². The molecule has 2 rings (SSSR count). The summed E-state index contributed by atoms with van der Waals surface area (Å²) < 4.78 is 5.33. The summed E-state index contributed by atoms with van der Waals surface area (Å²) in [5.41, 5.74) is 0.970. The van der Waals surface area contributed by atoms with Gasteiger partial charge in [-0.05, 0) is 37.3 Å². The van der Waals surface area contributed by atoms with E-state index in [1.165, 1.54) is 4.90 Å². The first-order valence-corrected chi connectivity index (χ1v) is 7.62. The Balaban J connectivity index is 2.10. The molecular weight excluding hydrogens is 282 g/mol. The van der Waals surface area contributed by atoms with E-state index in [1.54, 1.807) is 14.0 Å². The first-order valence-electron chi connectivity index (χ1n) is 7.62. The topological polar surface area (TPSA) is 66.8 Å². The van der Waals surface area contributed by atoms with Gasteiger partial charge >= 0.3 is 5.97 Å². The van der Waals surface area contributed by atoms with Gasteiger partial charge in [0.2, 0.25) is 5.91 Å². The number of aliphatic carboxylic acids is 1. The predicted molar refractivity (Wildman–Crippen MR) is 83.0 cm³/mol. The maximum Gasteiger partial charge on any atom is 0.326 e. The van der Waals surface area contributed by atoms with Crippen molar-refractivity contribution in [2.24, 2.45) is 0 Å². The van der Waals surface area contributed by atoms with E-state index < -0.39 is 12.0 Å². The zero-order chi connectivity index (χ0) is 16.3. The fourth-order valence-corrected chi connectivity index (χ4v) is 2.76. The van der Waals surface area contributed by atoms with Gasteiger partial charge in [0, 0.05) is 12.5 Å². The summed E-state index contributed by atoms with van der Waals surface area (Å²) in [6, 6.07) is 6.93. The zero-order valence-electron chi connectivity index (χ0n) is 13.3. The molecule has 0 aromatic heterocycles. The fourth-order valence-electron chi connectivity index (χ4n) is 2.76. The van der Waals surface area contributed by atoms with Gasteiger partial charge in [-0.15, -0.1) is 0 Å². The van der Waals surface area contributed by atoms with E-state index in [0.29, 0.717) is 0 Å². The van der Waals surface area contributed by atoms with Crippen LogP contribution >= 0.6 is 0 Å². The second-order valence-electron chi connectivity index (χ2n) is 5.89. The van der Waals surface area contributed by atoms with E-state index in [4.69, 9.17) is 4.74 Å². The van der Waals surface area contributed by atoms with Crippen LogP contribution < -0.4 is 4.74 Å². The lowest BCUT2D eigenvalue weighted by molar-refractivity contribution is -0.150. The Kier molecular flexibility index (Phi) is 5.06. The molecule has 0 aliphatic heterocycles. The number of carboxylic acid groups (broad SMARTS) is 1. The molecule has 0 bridgehead atoms. The van der Waals surface area contributed by atoms with E-state index in [-0.39, 0.29) is 24.3 Å². The second kappa shape index (κ2) is 6.81. The summed E-state index contributed by atoms with van der Waals surface area (Å²) >= 11 is 0. The molecule has 0 spiro atoms. The molecule has 0 radical (unpaired) electrons. The van der Waals surface area contributed by atoms with Crippen molar-refractivity contribution in [3.8, 4) is 5.75 Å². The monoisotopic (exact) mass is 305 g/mol. The van der Waals surface area contributed by atoms with Crippen LogP contribution in [0.4, 0.5) is 0 Å². The lowest BCUT2D eigenvalue weighted by Gasteiger charge is -2.28. The number of ether oxygens (including phenoxy) is 1. The van der Waals surface area contributed by atoms with Crippen LogP contribution in [0.25, 0.3) is 0 Å². The number of nitrogens with zero attached hydrogens (tertiary/aromatic N) is 1. The van der Waals surface area contributed by atoms with Crippen LogP contribution in [0.2, 0.25) is 0 Å². The molecular formula is C17H23NO4. The quantitative estimate of drug-likeness (QED) is 0.841. The van der Waals surface area contributed by atoms with Crippen LogP contribution in [0.3, 0.4) is 0 Å². The number of methoxy groups -OCH3 is 1. The van der Waals surface area contributed by atoms with Crippen molar-refractivity contribution in [1.82, 2.24) is 4.90 Å². The average molecular weight is 305 g/mol. The minimum atomic E-state index is -0.954. The lowest BCUT2D eigenvalue weighted by Crippen LogP contribution is -2.45. The number of benzene rings is 1. The molecule has 0 heterocycles. The molecule has 2 atom stereocenters. The molecule has 1 saturated carbocycles. The second-order valence-corrected chi connectivity index (χ2v) is 5.89. The highest BCUT2D eigenvalue weighted by molar-refractivity contribution is 5.84. The molecule has 1 N–H and O–H groups in total. The van der Waals surface area contributed by atoms with Gasteiger partial charge in [0.1, 0.15) is 11.8 Å². The molecule has 1 fully saturated rings. The number of carbonyl (C=O) groups is 2. The first kappa shape index (κ1) is 16.3. The number of rotatable bonds is 7. The van der Waals surface area contributed by atoms with Crippen LogP contribution in [0.5, 0.6) is 5.75 Å². The summed E-state index contributed by atoms with van der Waals surface area (Å²) in [4.78, 5) is 25.3. The Hall–Kier alpha value is -2.04. The van der Waals surface area contributed by atoms with Crippen molar-refractivity contribution < 1.29 is 19.4 Å². The minimum absolute atomic E-state index is 0.0223. The van der Waals surface area contributed by atoms with Crippen LogP contribution in [0, 0.1) is 0 Å². The highest BCUT2D eigenvalue weighted by Gasteiger charge is 2.38. The van der Waals surface area contributed by atoms with E-state index in [2.05, 4.69) is 0 Å². The van der Waals surface area contributed by atoms with Crippen LogP contribution in [0.15, 0.2) is 24.3 Å². The molecule has 1 aliphatic rings. The Morgan fingerprint density at radius 3 is 2.50 bits per heavy atom. The van der Waals surface area contributed by atoms with Gasteiger partial charge in [0.05, 0.1) is 7.11 Å². The van der Waals surface area contributed by atoms with E-state index in [9.17, 15) is 14.7 Å². The molecule has 1 aromatic carbocycles. The molecule has 5 nitrogen and oxygen atoms in total. The maximum atomic E-state index is 12.6. The van der Waals surface area contributed by atoms with Crippen molar-refractivity contribution in [3.63, 3.8) is 0 Å². The Morgan fingerprint density at radius 2 is 1.95 bits per heavy atom. The van der Waals surface area contributed by atoms with Gasteiger partial charge in [-0.3, -0.25) is 4.79 Å². The summed E-state index contributed by atoms with van der Waals surface area (Å²) in [5.74, 6) is -0.320. The standard InChI is InChI=1S/C17H23NO4/c1-11(14-6-4-5-7-15(14)22-3)10-16(19)18(13-8-9-13)12(2)17(20)21/h4-7,11-13H,8-10H2,1-3H3,(H,20,21). The summed E-state index contributed by atoms with van der Waals surface area (Å²) in [6.45, 7) is 3.54. The first-order chi connectivity index (χ1) is 10.5. The summed E-state index contributed by atoms with van der Waals surface area (Å²) in [7, 11) is 1.61. The van der Waals surface area contributed by atoms with Crippen molar-refractivity contribution in [2.45, 2.75) is 51.1 Å². The van der Waals surface area contributed by atoms with Crippen molar-refractivity contribution in [3.05, 3.63) is 29.8 Å². The molecule has 22 heavy (non-hydrogen) atoms. The molecule has 5 heteroatoms. The van der Waals surface area contributed by atoms with Gasteiger partial charge < -0.3 is 14.7 Å². The predicted octanol–water partition coefficient (Wildman–Crippen LogP) is 2.65. The molecule has 0 saturated heterocycles. The Morgan fingerprint density at radius 1 is 1.32 bits per heavy atom. The number of para-hydroxylation sites is 1. The number of carboxylic acids is 1. The maximum absolute atomic E-state index is 12.6. The third-order valence-electron chi connectivity index (χ3n) is 4.15. The summed E-state index contributed by atoms with van der Waals surface area (Å²) in [6.07, 6.45) is 2.08. The van der Waals surface area contributed by atoms with E-state index in [0.717, 1.165) is 24.2 Å². The summed E-state index contributed by atoms with van der Waals surface area (Å²) in [5, 5.41) is 9.20. The van der Waals surface area contributed by atoms with Gasteiger partial charge in [0.15, 0.2) is 0 Å². The molecule has 1 amide bonds. The highest BCUT2D eigenvalue weighted by Crippen LogP contribution is 2.33. The fraction of sp³-hybridized carbons (Fsp3) is 0.529.